The first-order valence-electron chi connectivity index (χ1n) is 8.97. The third kappa shape index (κ3) is 2.99. The molecule has 3 atom stereocenters. The van der Waals surface area contributed by atoms with E-state index in [0.717, 1.165) is 13.1 Å². The molecule has 1 aliphatic rings. The van der Waals surface area contributed by atoms with Crippen LogP contribution < -0.4 is 0 Å². The van der Waals surface area contributed by atoms with E-state index in [0.29, 0.717) is 33.1 Å². The van der Waals surface area contributed by atoms with Crippen molar-refractivity contribution in [2.75, 3.05) is 13.1 Å². The van der Waals surface area contributed by atoms with Crippen molar-refractivity contribution >= 4 is 16.3 Å². The lowest BCUT2D eigenvalue weighted by molar-refractivity contribution is 0.110. The van der Waals surface area contributed by atoms with E-state index in [1.54, 1.807) is 13.0 Å². The van der Waals surface area contributed by atoms with Crippen LogP contribution in [0.1, 0.15) is 42.6 Å². The number of benzene rings is 1. The molecule has 0 unspecified atom stereocenters. The van der Waals surface area contributed by atoms with Crippen molar-refractivity contribution in [3.05, 3.63) is 46.3 Å². The minimum atomic E-state index is -0.338. The minimum Gasteiger partial charge on any atom is -0.492 e. The molecule has 1 aromatic carbocycles. The molecule has 0 radical (unpaired) electrons. The lowest BCUT2D eigenvalue weighted by Crippen LogP contribution is -2.41. The molecule has 138 valence electrons. The maximum absolute atomic E-state index is 14.7. The SMILES string of the molecule is Cc1nc2sc([C@H](c3ccccc3F)N3C[C@H](C)C[C@H](C)C3)c(O)n2n1. The Morgan fingerprint density at radius 1 is 1.23 bits per heavy atom. The van der Waals surface area contributed by atoms with Crippen LogP contribution in [0.15, 0.2) is 24.3 Å². The summed E-state index contributed by atoms with van der Waals surface area (Å²) in [5.41, 5.74) is 0.588. The van der Waals surface area contributed by atoms with Crippen LogP contribution in [-0.2, 0) is 0 Å². The Bertz CT molecular complexity index is 927. The summed E-state index contributed by atoms with van der Waals surface area (Å²) in [7, 11) is 0. The van der Waals surface area contributed by atoms with Gasteiger partial charge in [0, 0.05) is 18.7 Å². The summed E-state index contributed by atoms with van der Waals surface area (Å²) in [6.07, 6.45) is 1.17. The summed E-state index contributed by atoms with van der Waals surface area (Å²) in [6.45, 7) is 7.99. The zero-order chi connectivity index (χ0) is 18.4. The first-order valence-corrected chi connectivity index (χ1v) is 9.79. The fourth-order valence-electron chi connectivity index (χ4n) is 4.15. The number of nitrogens with zero attached hydrogens (tertiary/aromatic N) is 4. The zero-order valence-electron chi connectivity index (χ0n) is 15.2. The molecule has 5 nitrogen and oxygen atoms in total. The van der Waals surface area contributed by atoms with Crippen LogP contribution in [0.25, 0.3) is 4.96 Å². The van der Waals surface area contributed by atoms with Crippen LogP contribution in [0.4, 0.5) is 4.39 Å². The van der Waals surface area contributed by atoms with Crippen LogP contribution in [0.3, 0.4) is 0 Å². The maximum Gasteiger partial charge on any atom is 0.230 e. The molecule has 1 aliphatic heterocycles. The summed E-state index contributed by atoms with van der Waals surface area (Å²) in [6, 6.07) is 6.50. The molecular formula is C19H23FN4OS. The Hall–Kier alpha value is -1.99. The Balaban J connectivity index is 1.85. The van der Waals surface area contributed by atoms with Gasteiger partial charge >= 0.3 is 0 Å². The van der Waals surface area contributed by atoms with E-state index in [9.17, 15) is 9.50 Å². The Kier molecular flexibility index (Phi) is 4.44. The number of likely N-dealkylation sites (tertiary alicyclic amines) is 1. The molecule has 3 aromatic rings. The van der Waals surface area contributed by atoms with Crippen LogP contribution >= 0.6 is 11.3 Å². The van der Waals surface area contributed by atoms with Crippen molar-refractivity contribution in [3.8, 4) is 5.88 Å². The molecule has 0 aliphatic carbocycles. The Labute approximate surface area is 156 Å². The van der Waals surface area contributed by atoms with Crippen molar-refractivity contribution in [3.63, 3.8) is 0 Å². The molecule has 2 aromatic heterocycles. The van der Waals surface area contributed by atoms with Crippen molar-refractivity contribution in [1.29, 1.82) is 0 Å². The smallest absolute Gasteiger partial charge is 0.230 e. The number of thiazole rings is 1. The number of aromatic nitrogens is 3. The highest BCUT2D eigenvalue weighted by Crippen LogP contribution is 2.42. The summed E-state index contributed by atoms with van der Waals surface area (Å²) in [4.78, 5) is 7.99. The number of aromatic hydroxyl groups is 1. The van der Waals surface area contributed by atoms with Crippen LogP contribution in [0.2, 0.25) is 0 Å². The van der Waals surface area contributed by atoms with E-state index in [-0.39, 0.29) is 17.7 Å². The van der Waals surface area contributed by atoms with Gasteiger partial charge < -0.3 is 5.11 Å². The molecule has 0 bridgehead atoms. The molecule has 1 fully saturated rings. The van der Waals surface area contributed by atoms with Crippen LogP contribution in [0.5, 0.6) is 5.88 Å². The highest BCUT2D eigenvalue weighted by Gasteiger charge is 2.34. The minimum absolute atomic E-state index is 0.0599. The molecule has 26 heavy (non-hydrogen) atoms. The molecule has 0 spiro atoms. The van der Waals surface area contributed by atoms with Gasteiger partial charge in [0.25, 0.3) is 0 Å². The standard InChI is InChI=1S/C19H23FN4OS/c1-11-8-12(2)10-23(9-11)16(14-6-4-5-7-15(14)20)17-18(25)24-19(26-17)21-13(3)22-24/h4-7,11-12,16,25H,8-10H2,1-3H3/t11-,12+,16-/m0/s1. The van der Waals surface area contributed by atoms with E-state index in [1.807, 2.05) is 12.1 Å². The molecule has 0 saturated carbocycles. The van der Waals surface area contributed by atoms with Crippen LogP contribution in [-0.4, -0.2) is 37.7 Å². The van der Waals surface area contributed by atoms with Gasteiger partial charge in [-0.2, -0.15) is 4.52 Å². The topological polar surface area (TPSA) is 53.7 Å². The number of halogens is 1. The second-order valence-corrected chi connectivity index (χ2v) is 8.48. The molecule has 1 saturated heterocycles. The quantitative estimate of drug-likeness (QED) is 0.753. The largest absolute Gasteiger partial charge is 0.492 e. The second kappa shape index (κ2) is 6.63. The number of piperidine rings is 1. The third-order valence-corrected chi connectivity index (χ3v) is 6.09. The van der Waals surface area contributed by atoms with Gasteiger partial charge in [0.1, 0.15) is 11.6 Å². The summed E-state index contributed by atoms with van der Waals surface area (Å²) in [5.74, 6) is 1.47. The van der Waals surface area contributed by atoms with Gasteiger partial charge in [-0.1, -0.05) is 43.4 Å². The predicted octanol–water partition coefficient (Wildman–Crippen LogP) is 4.01. The van der Waals surface area contributed by atoms with Gasteiger partial charge in [0.05, 0.1) is 10.9 Å². The number of fused-ring (bicyclic) bond motifs is 1. The molecular weight excluding hydrogens is 351 g/mol. The third-order valence-electron chi connectivity index (χ3n) is 5.02. The van der Waals surface area contributed by atoms with E-state index < -0.39 is 0 Å². The first kappa shape index (κ1) is 17.4. The lowest BCUT2D eigenvalue weighted by Gasteiger charge is -2.40. The van der Waals surface area contributed by atoms with Crippen molar-refractivity contribution in [2.45, 2.75) is 33.2 Å². The highest BCUT2D eigenvalue weighted by atomic mass is 32.1. The second-order valence-electron chi connectivity index (χ2n) is 7.47. The Morgan fingerprint density at radius 3 is 2.58 bits per heavy atom. The molecule has 4 rings (SSSR count). The van der Waals surface area contributed by atoms with Gasteiger partial charge in [0.2, 0.25) is 10.8 Å². The Morgan fingerprint density at radius 2 is 1.92 bits per heavy atom. The van der Waals surface area contributed by atoms with Gasteiger partial charge in [-0.15, -0.1) is 5.10 Å². The first-order chi connectivity index (χ1) is 12.4. The molecule has 0 amide bonds. The lowest BCUT2D eigenvalue weighted by atomic mass is 9.89. The molecule has 7 heteroatoms. The number of rotatable bonds is 3. The maximum atomic E-state index is 14.7. The monoisotopic (exact) mass is 374 g/mol. The number of hydrogen-bond acceptors (Lipinski definition) is 5. The summed E-state index contributed by atoms with van der Waals surface area (Å²) >= 11 is 1.38. The summed E-state index contributed by atoms with van der Waals surface area (Å²) < 4.78 is 16.2. The van der Waals surface area contributed by atoms with Gasteiger partial charge in [-0.25, -0.2) is 9.37 Å². The number of aryl methyl sites for hydroxylation is 1. The average molecular weight is 374 g/mol. The van der Waals surface area contributed by atoms with E-state index in [4.69, 9.17) is 0 Å². The summed E-state index contributed by atoms with van der Waals surface area (Å²) in [5, 5.41) is 15.1. The fraction of sp³-hybridized carbons (Fsp3) is 0.474. The van der Waals surface area contributed by atoms with E-state index in [2.05, 4.69) is 28.8 Å². The average Bonchev–Trinajstić information content (AvgIpc) is 3.07. The van der Waals surface area contributed by atoms with Crippen molar-refractivity contribution < 1.29 is 9.50 Å². The van der Waals surface area contributed by atoms with Crippen LogP contribution in [0, 0.1) is 24.6 Å². The predicted molar refractivity (Wildman–Crippen MR) is 100 cm³/mol. The zero-order valence-corrected chi connectivity index (χ0v) is 16.0. The molecule has 1 N–H and O–H groups in total. The van der Waals surface area contributed by atoms with Gasteiger partial charge in [0.15, 0.2) is 0 Å². The fourth-order valence-corrected chi connectivity index (χ4v) is 5.30. The normalized spacial score (nSPS) is 22.8. The van der Waals surface area contributed by atoms with Gasteiger partial charge in [-0.3, -0.25) is 4.90 Å². The number of hydrogen-bond donors (Lipinski definition) is 1. The van der Waals surface area contributed by atoms with Gasteiger partial charge in [-0.05, 0) is 31.2 Å². The highest BCUT2D eigenvalue weighted by molar-refractivity contribution is 7.17. The molecule has 3 heterocycles. The van der Waals surface area contributed by atoms with E-state index >= 15 is 0 Å². The van der Waals surface area contributed by atoms with Crippen molar-refractivity contribution in [2.24, 2.45) is 11.8 Å². The van der Waals surface area contributed by atoms with Crippen molar-refractivity contribution in [1.82, 2.24) is 19.5 Å². The van der Waals surface area contributed by atoms with E-state index in [1.165, 1.54) is 28.3 Å².